The Hall–Kier alpha value is -2.49. The molecule has 4 heteroatoms. The molecule has 0 heterocycles. The van der Waals surface area contributed by atoms with E-state index in [2.05, 4.69) is 20.8 Å². The van der Waals surface area contributed by atoms with Gasteiger partial charge in [-0.1, -0.05) is 63.9 Å². The van der Waals surface area contributed by atoms with Gasteiger partial charge in [-0.2, -0.15) is 0 Å². The van der Waals surface area contributed by atoms with Gasteiger partial charge in [-0.25, -0.2) is 4.79 Å². The van der Waals surface area contributed by atoms with Crippen LogP contribution >= 0.6 is 0 Å². The molecule has 2 atom stereocenters. The highest BCUT2D eigenvalue weighted by atomic mass is 16.5. The van der Waals surface area contributed by atoms with E-state index in [1.54, 1.807) is 18.2 Å². The minimum absolute atomic E-state index is 0.377. The molecule has 0 aliphatic rings. The van der Waals surface area contributed by atoms with Gasteiger partial charge >= 0.3 is 5.97 Å². The Morgan fingerprint density at radius 3 is 2.43 bits per heavy atom. The first-order valence-electron chi connectivity index (χ1n) is 11.0. The molecule has 2 unspecified atom stereocenters. The third kappa shape index (κ3) is 8.10. The Bertz CT molecular complexity index is 757. The monoisotopic (exact) mass is 412 g/mol. The topological polar surface area (TPSA) is 44.8 Å². The van der Waals surface area contributed by atoms with Crippen LogP contribution in [0.25, 0.3) is 0 Å². The number of carbonyl (C=O) groups is 1. The van der Waals surface area contributed by atoms with Gasteiger partial charge in [-0.3, -0.25) is 0 Å². The maximum Gasteiger partial charge on any atom is 0.341 e. The second kappa shape index (κ2) is 12.9. The molecule has 4 nitrogen and oxygen atoms in total. The largest absolute Gasteiger partial charge is 0.493 e. The quantitative estimate of drug-likeness (QED) is 0.272. The van der Waals surface area contributed by atoms with Crippen molar-refractivity contribution in [3.05, 3.63) is 59.7 Å². The van der Waals surface area contributed by atoms with Crippen LogP contribution in [0.15, 0.2) is 48.5 Å². The van der Waals surface area contributed by atoms with Crippen molar-refractivity contribution in [1.29, 1.82) is 0 Å². The molecular weight excluding hydrogens is 376 g/mol. The summed E-state index contributed by atoms with van der Waals surface area (Å²) in [5, 5.41) is 0. The normalized spacial score (nSPS) is 12.8. The van der Waals surface area contributed by atoms with Gasteiger partial charge in [0, 0.05) is 6.07 Å². The van der Waals surface area contributed by atoms with Gasteiger partial charge in [-0.15, -0.1) is 0 Å². The van der Waals surface area contributed by atoms with Crippen LogP contribution in [-0.4, -0.2) is 19.7 Å². The fourth-order valence-corrected chi connectivity index (χ4v) is 3.48. The predicted octanol–water partition coefficient (Wildman–Crippen LogP) is 6.67. The lowest BCUT2D eigenvalue weighted by Gasteiger charge is -2.16. The number of hydrogen-bond acceptors (Lipinski definition) is 4. The fraction of sp³-hybridized carbons (Fsp3) is 0.500. The highest BCUT2D eigenvalue weighted by molar-refractivity contribution is 5.92. The summed E-state index contributed by atoms with van der Waals surface area (Å²) in [5.74, 6) is 2.33. The van der Waals surface area contributed by atoms with Gasteiger partial charge in [0.15, 0.2) is 0 Å². The van der Waals surface area contributed by atoms with Crippen LogP contribution in [0, 0.1) is 11.8 Å². The van der Waals surface area contributed by atoms with E-state index in [1.165, 1.54) is 26.4 Å². The van der Waals surface area contributed by atoms with Crippen LogP contribution in [0.1, 0.15) is 68.8 Å². The summed E-state index contributed by atoms with van der Waals surface area (Å²) >= 11 is 0. The highest BCUT2D eigenvalue weighted by Crippen LogP contribution is 2.27. The van der Waals surface area contributed by atoms with Gasteiger partial charge in [0.05, 0.1) is 13.7 Å². The van der Waals surface area contributed by atoms with Crippen LogP contribution in [0.5, 0.6) is 11.5 Å². The van der Waals surface area contributed by atoms with Gasteiger partial charge in [-0.05, 0) is 48.8 Å². The summed E-state index contributed by atoms with van der Waals surface area (Å²) < 4.78 is 16.7. The van der Waals surface area contributed by atoms with Gasteiger partial charge in [0.25, 0.3) is 0 Å². The lowest BCUT2D eigenvalue weighted by atomic mass is 9.92. The third-order valence-corrected chi connectivity index (χ3v) is 5.46. The SMILES string of the molecule is CCC(C)CC(C)CCCCOc1ccc(C(=O)OC)c(OCc2ccccc2)c1. The standard InChI is InChI=1S/C26H36O4/c1-5-20(2)17-21(3)11-9-10-16-29-23-14-15-24(26(27)28-4)25(18-23)30-19-22-12-7-6-8-13-22/h6-8,12-15,18,20-21H,5,9-11,16-17,19H2,1-4H3. The van der Waals surface area contributed by atoms with Gasteiger partial charge in [0.1, 0.15) is 23.7 Å². The van der Waals surface area contributed by atoms with Crippen LogP contribution < -0.4 is 9.47 Å². The molecule has 0 fully saturated rings. The third-order valence-electron chi connectivity index (χ3n) is 5.46. The molecule has 0 N–H and O–H groups in total. The Kier molecular flexibility index (Phi) is 10.3. The number of carbonyl (C=O) groups excluding carboxylic acids is 1. The zero-order valence-corrected chi connectivity index (χ0v) is 18.9. The number of rotatable bonds is 13. The minimum atomic E-state index is -0.417. The van der Waals surface area contributed by atoms with Crippen LogP contribution in [-0.2, 0) is 11.3 Å². The maximum atomic E-state index is 12.1. The van der Waals surface area contributed by atoms with E-state index in [-0.39, 0.29) is 0 Å². The Morgan fingerprint density at radius 2 is 1.73 bits per heavy atom. The molecule has 0 radical (unpaired) electrons. The first kappa shape index (κ1) is 23.8. The van der Waals surface area contributed by atoms with Crippen LogP contribution in [0.2, 0.25) is 0 Å². The summed E-state index contributed by atoms with van der Waals surface area (Å²) in [6.45, 7) is 7.96. The van der Waals surface area contributed by atoms with Crippen molar-refractivity contribution in [2.45, 2.75) is 59.5 Å². The molecule has 0 amide bonds. The minimum Gasteiger partial charge on any atom is -0.493 e. The molecule has 164 valence electrons. The molecule has 0 aliphatic carbocycles. The number of methoxy groups -OCH3 is 1. The van der Waals surface area contributed by atoms with Gasteiger partial charge in [0.2, 0.25) is 0 Å². The number of hydrogen-bond donors (Lipinski definition) is 0. The van der Waals surface area contributed by atoms with Crippen molar-refractivity contribution in [3.8, 4) is 11.5 Å². The summed E-state index contributed by atoms with van der Waals surface area (Å²) in [5.41, 5.74) is 1.44. The Balaban J connectivity index is 1.87. The van der Waals surface area contributed by atoms with E-state index in [4.69, 9.17) is 14.2 Å². The van der Waals surface area contributed by atoms with Crippen molar-refractivity contribution in [3.63, 3.8) is 0 Å². The molecule has 2 aromatic rings. The summed E-state index contributed by atoms with van der Waals surface area (Å²) in [6.07, 6.45) is 5.97. The van der Waals surface area contributed by atoms with Crippen LogP contribution in [0.3, 0.4) is 0 Å². The first-order valence-corrected chi connectivity index (χ1v) is 11.0. The van der Waals surface area contributed by atoms with E-state index in [9.17, 15) is 4.79 Å². The summed E-state index contributed by atoms with van der Waals surface area (Å²) in [6, 6.07) is 15.1. The smallest absolute Gasteiger partial charge is 0.341 e. The second-order valence-corrected chi connectivity index (χ2v) is 8.12. The maximum absolute atomic E-state index is 12.1. The van der Waals surface area contributed by atoms with Crippen molar-refractivity contribution < 1.29 is 19.0 Å². The van der Waals surface area contributed by atoms with Crippen molar-refractivity contribution >= 4 is 5.97 Å². The van der Waals surface area contributed by atoms with E-state index in [0.29, 0.717) is 30.3 Å². The van der Waals surface area contributed by atoms with Crippen LogP contribution in [0.4, 0.5) is 0 Å². The molecule has 0 aromatic heterocycles. The summed E-state index contributed by atoms with van der Waals surface area (Å²) in [4.78, 5) is 12.1. The zero-order valence-electron chi connectivity index (χ0n) is 18.9. The fourth-order valence-electron chi connectivity index (χ4n) is 3.48. The highest BCUT2D eigenvalue weighted by Gasteiger charge is 2.15. The number of benzene rings is 2. The van der Waals surface area contributed by atoms with E-state index in [1.807, 2.05) is 30.3 Å². The molecule has 0 aliphatic heterocycles. The Morgan fingerprint density at radius 1 is 0.967 bits per heavy atom. The van der Waals surface area contributed by atoms with Crippen molar-refractivity contribution in [1.82, 2.24) is 0 Å². The molecule has 0 saturated carbocycles. The van der Waals surface area contributed by atoms with Crippen molar-refractivity contribution in [2.75, 3.05) is 13.7 Å². The number of unbranched alkanes of at least 4 members (excludes halogenated alkanes) is 1. The Labute approximate surface area is 181 Å². The molecule has 0 bridgehead atoms. The van der Waals surface area contributed by atoms with E-state index in [0.717, 1.165) is 30.2 Å². The molecule has 0 spiro atoms. The molecule has 30 heavy (non-hydrogen) atoms. The zero-order chi connectivity index (χ0) is 21.8. The van der Waals surface area contributed by atoms with E-state index < -0.39 is 5.97 Å². The lowest BCUT2D eigenvalue weighted by molar-refractivity contribution is 0.0595. The average Bonchev–Trinajstić information content (AvgIpc) is 2.77. The molecule has 2 rings (SSSR count). The average molecular weight is 413 g/mol. The lowest BCUT2D eigenvalue weighted by Crippen LogP contribution is -2.07. The first-order chi connectivity index (χ1) is 14.5. The van der Waals surface area contributed by atoms with E-state index >= 15 is 0 Å². The number of esters is 1. The second-order valence-electron chi connectivity index (χ2n) is 8.12. The predicted molar refractivity (Wildman–Crippen MR) is 121 cm³/mol. The molecule has 2 aromatic carbocycles. The number of ether oxygens (including phenoxy) is 3. The van der Waals surface area contributed by atoms with Gasteiger partial charge < -0.3 is 14.2 Å². The molecular formula is C26H36O4. The van der Waals surface area contributed by atoms with Crippen molar-refractivity contribution in [2.24, 2.45) is 11.8 Å². The molecule has 0 saturated heterocycles. The summed E-state index contributed by atoms with van der Waals surface area (Å²) in [7, 11) is 1.37.